The van der Waals surface area contributed by atoms with E-state index in [0.717, 1.165) is 16.7 Å². The minimum absolute atomic E-state index is 0.0428. The lowest BCUT2D eigenvalue weighted by Crippen LogP contribution is -2.19. The van der Waals surface area contributed by atoms with Gasteiger partial charge in [0.25, 0.3) is 11.6 Å². The van der Waals surface area contributed by atoms with Crippen LogP contribution in [-0.4, -0.2) is 23.1 Å². The molecule has 1 heterocycles. The Morgan fingerprint density at radius 3 is 2.50 bits per heavy atom. The standard InChI is InChI=1S/C25H21N3O5S/c1-16-3-12-22(32-2)21(13-16)26-25-27-24(29)23(34-25)14-17-6-10-20(11-7-17)33-15-18-4-8-19(9-5-18)28(30)31/h3-14H,15H2,1-2H3,(H,26,27,29)/b23-14-. The number of ether oxygens (including phenoxy) is 2. The minimum atomic E-state index is -0.435. The molecule has 3 aromatic rings. The summed E-state index contributed by atoms with van der Waals surface area (Å²) in [6.07, 6.45) is 1.79. The van der Waals surface area contributed by atoms with Crippen molar-refractivity contribution >= 4 is 40.3 Å². The van der Waals surface area contributed by atoms with E-state index in [1.165, 1.54) is 23.9 Å². The van der Waals surface area contributed by atoms with Crippen LogP contribution in [0.25, 0.3) is 6.08 Å². The van der Waals surface area contributed by atoms with Crippen LogP contribution >= 0.6 is 11.8 Å². The zero-order valence-electron chi connectivity index (χ0n) is 18.5. The summed E-state index contributed by atoms with van der Waals surface area (Å²) in [7, 11) is 1.58. The molecule has 0 aromatic heterocycles. The summed E-state index contributed by atoms with van der Waals surface area (Å²) in [5.74, 6) is 1.07. The van der Waals surface area contributed by atoms with Crippen LogP contribution in [0.2, 0.25) is 0 Å². The summed E-state index contributed by atoms with van der Waals surface area (Å²) < 4.78 is 11.1. The van der Waals surface area contributed by atoms with Crippen molar-refractivity contribution in [3.05, 3.63) is 98.4 Å². The van der Waals surface area contributed by atoms with Gasteiger partial charge in [-0.3, -0.25) is 14.9 Å². The smallest absolute Gasteiger partial charge is 0.269 e. The summed E-state index contributed by atoms with van der Waals surface area (Å²) in [6.45, 7) is 2.26. The molecule has 1 N–H and O–H groups in total. The van der Waals surface area contributed by atoms with E-state index in [-0.39, 0.29) is 11.6 Å². The van der Waals surface area contributed by atoms with E-state index in [1.807, 2.05) is 49.4 Å². The van der Waals surface area contributed by atoms with Crippen molar-refractivity contribution in [2.45, 2.75) is 13.5 Å². The molecule has 9 heteroatoms. The van der Waals surface area contributed by atoms with Gasteiger partial charge in [-0.1, -0.05) is 18.2 Å². The van der Waals surface area contributed by atoms with Gasteiger partial charge in [-0.15, -0.1) is 0 Å². The number of amides is 1. The monoisotopic (exact) mass is 475 g/mol. The Bertz CT molecular complexity index is 1280. The number of nitrogens with one attached hydrogen (secondary N) is 1. The van der Waals surface area contributed by atoms with Crippen LogP contribution in [0.1, 0.15) is 16.7 Å². The Morgan fingerprint density at radius 1 is 1.09 bits per heavy atom. The number of rotatable bonds is 7. The number of amidine groups is 1. The minimum Gasteiger partial charge on any atom is -0.494 e. The van der Waals surface area contributed by atoms with Gasteiger partial charge in [0.05, 0.1) is 16.9 Å². The maximum Gasteiger partial charge on any atom is 0.269 e. The highest BCUT2D eigenvalue weighted by molar-refractivity contribution is 8.18. The van der Waals surface area contributed by atoms with Gasteiger partial charge in [-0.25, -0.2) is 4.99 Å². The zero-order valence-corrected chi connectivity index (χ0v) is 19.3. The third kappa shape index (κ3) is 5.62. The number of hydrogen-bond donors (Lipinski definition) is 1. The summed E-state index contributed by atoms with van der Waals surface area (Å²) in [5.41, 5.74) is 3.41. The van der Waals surface area contributed by atoms with E-state index in [9.17, 15) is 14.9 Å². The molecule has 1 fully saturated rings. The molecular formula is C25H21N3O5S. The number of nitro groups is 1. The Balaban J connectivity index is 1.41. The number of carbonyl (C=O) groups is 1. The van der Waals surface area contributed by atoms with E-state index in [4.69, 9.17) is 9.47 Å². The maximum absolute atomic E-state index is 12.4. The van der Waals surface area contributed by atoms with Crippen molar-refractivity contribution < 1.29 is 19.2 Å². The number of nitrogens with zero attached hydrogens (tertiary/aromatic N) is 2. The van der Waals surface area contributed by atoms with Crippen molar-refractivity contribution in [2.24, 2.45) is 4.99 Å². The van der Waals surface area contributed by atoms with Gasteiger partial charge in [-0.05, 0) is 77.9 Å². The average molecular weight is 476 g/mol. The molecule has 172 valence electrons. The average Bonchev–Trinajstić information content (AvgIpc) is 3.17. The molecule has 4 rings (SSSR count). The van der Waals surface area contributed by atoms with E-state index in [2.05, 4.69) is 10.3 Å². The summed E-state index contributed by atoms with van der Waals surface area (Å²) in [6, 6.07) is 19.2. The molecule has 0 radical (unpaired) electrons. The largest absolute Gasteiger partial charge is 0.494 e. The predicted molar refractivity (Wildman–Crippen MR) is 132 cm³/mol. The van der Waals surface area contributed by atoms with Gasteiger partial charge >= 0.3 is 0 Å². The number of non-ortho nitro benzene ring substituents is 1. The number of aliphatic imine (C=N–C) groups is 1. The highest BCUT2D eigenvalue weighted by Crippen LogP contribution is 2.33. The van der Waals surface area contributed by atoms with Crippen LogP contribution in [-0.2, 0) is 11.4 Å². The Hall–Kier alpha value is -4.11. The van der Waals surface area contributed by atoms with Crippen molar-refractivity contribution in [1.82, 2.24) is 5.32 Å². The van der Waals surface area contributed by atoms with Crippen LogP contribution in [0.5, 0.6) is 11.5 Å². The number of carbonyl (C=O) groups excluding carboxylic acids is 1. The summed E-state index contributed by atoms with van der Waals surface area (Å²) in [4.78, 5) is 27.8. The number of methoxy groups -OCH3 is 1. The first-order chi connectivity index (χ1) is 16.4. The Labute approximate surface area is 200 Å². The van der Waals surface area contributed by atoms with Crippen molar-refractivity contribution in [3.8, 4) is 11.5 Å². The summed E-state index contributed by atoms with van der Waals surface area (Å²) >= 11 is 1.26. The fraction of sp³-hybridized carbons (Fsp3) is 0.120. The molecule has 0 saturated carbocycles. The quantitative estimate of drug-likeness (QED) is 0.279. The lowest BCUT2D eigenvalue weighted by molar-refractivity contribution is -0.384. The number of thioether (sulfide) groups is 1. The second-order valence-electron chi connectivity index (χ2n) is 7.44. The molecular weight excluding hydrogens is 454 g/mol. The normalized spacial score (nSPS) is 15.4. The van der Waals surface area contributed by atoms with Crippen molar-refractivity contribution in [3.63, 3.8) is 0 Å². The topological polar surface area (TPSA) is 103 Å². The first-order valence-electron chi connectivity index (χ1n) is 10.3. The Morgan fingerprint density at radius 2 is 1.82 bits per heavy atom. The van der Waals surface area contributed by atoms with Crippen molar-refractivity contribution in [1.29, 1.82) is 0 Å². The highest BCUT2D eigenvalue weighted by atomic mass is 32.2. The van der Waals surface area contributed by atoms with E-state index in [1.54, 1.807) is 25.3 Å². The molecule has 1 aliphatic heterocycles. The number of hydrogen-bond acceptors (Lipinski definition) is 7. The molecule has 0 unspecified atom stereocenters. The molecule has 0 bridgehead atoms. The van der Waals surface area contributed by atoms with Crippen molar-refractivity contribution in [2.75, 3.05) is 7.11 Å². The molecule has 3 aromatic carbocycles. The van der Waals surface area contributed by atoms with Gasteiger partial charge < -0.3 is 14.8 Å². The third-order valence-corrected chi connectivity index (χ3v) is 5.85. The number of aryl methyl sites for hydroxylation is 1. The number of benzene rings is 3. The molecule has 34 heavy (non-hydrogen) atoms. The van der Waals surface area contributed by atoms with E-state index < -0.39 is 4.92 Å². The molecule has 0 aliphatic carbocycles. The maximum atomic E-state index is 12.4. The van der Waals surface area contributed by atoms with Crippen LogP contribution in [0.4, 0.5) is 11.4 Å². The van der Waals surface area contributed by atoms with E-state index in [0.29, 0.717) is 33.9 Å². The molecule has 0 atom stereocenters. The van der Waals surface area contributed by atoms with Gasteiger partial charge in [0.15, 0.2) is 5.17 Å². The van der Waals surface area contributed by atoms with Gasteiger partial charge in [-0.2, -0.15) is 0 Å². The molecule has 1 aliphatic rings. The Kier molecular flexibility index (Phi) is 6.93. The fourth-order valence-corrected chi connectivity index (χ4v) is 4.00. The second kappa shape index (κ2) is 10.2. The van der Waals surface area contributed by atoms with E-state index >= 15 is 0 Å². The summed E-state index contributed by atoms with van der Waals surface area (Å²) in [5, 5.41) is 14.0. The van der Waals surface area contributed by atoms with Crippen LogP contribution in [0, 0.1) is 17.0 Å². The van der Waals surface area contributed by atoms with Gasteiger partial charge in [0.1, 0.15) is 23.8 Å². The lowest BCUT2D eigenvalue weighted by Gasteiger charge is -2.06. The molecule has 8 nitrogen and oxygen atoms in total. The van der Waals surface area contributed by atoms with Gasteiger partial charge in [0, 0.05) is 12.1 Å². The third-order valence-electron chi connectivity index (χ3n) is 4.94. The van der Waals surface area contributed by atoms with Crippen LogP contribution in [0.15, 0.2) is 76.6 Å². The number of nitro benzene ring substituents is 1. The first-order valence-corrected chi connectivity index (χ1v) is 11.1. The molecule has 1 saturated heterocycles. The zero-order chi connectivity index (χ0) is 24.1. The van der Waals surface area contributed by atoms with Crippen LogP contribution in [0.3, 0.4) is 0 Å². The lowest BCUT2D eigenvalue weighted by atomic mass is 10.2. The molecule has 1 amide bonds. The van der Waals surface area contributed by atoms with Crippen LogP contribution < -0.4 is 14.8 Å². The second-order valence-corrected chi connectivity index (χ2v) is 8.47. The van der Waals surface area contributed by atoms with Gasteiger partial charge in [0.2, 0.25) is 0 Å². The SMILES string of the molecule is COc1ccc(C)cc1N=C1NC(=O)/C(=C/c2ccc(OCc3ccc([N+](=O)[O-])cc3)cc2)S1. The first kappa shape index (κ1) is 23.1. The molecule has 0 spiro atoms. The fourth-order valence-electron chi connectivity index (χ4n) is 3.17. The predicted octanol–water partition coefficient (Wildman–Crippen LogP) is 5.38. The highest BCUT2D eigenvalue weighted by Gasteiger charge is 2.24.